The zero-order valence-electron chi connectivity index (χ0n) is 65.0. The standard InChI is InChI=1S/C58H38GeN4.C52H33GeN3S/c1-5-20-39(21-6-1)56-55-47-32-13-16-33-50(47)59(41-23-7-2-8-24-41,42-25-9-3-10-26-42)57(55)61-58(60-56)40-22-19-29-44(36-40)63-52-35-18-15-31-46(52)49-37-53-48(38-54(49)63)45-30-14-17-34-51(45)62(53)43-27-11-4-12-28-43;1-4-17-34(18-5-1)50-49-41-27-10-13-28-44(41)53(36-20-6-2-7-21-36,37-22-8-3-9-23-37)51(49)55-52(54-50)35-19-16-24-38(31-35)56-45-29-14-11-25-39(45)42-33-48-43(32-46(42)56)40-26-12-15-30-47(40)57-48/h1-38H;1-33H. The van der Waals surface area contributed by atoms with E-state index in [4.69, 9.17) is 19.9 Å². The fraction of sp³-hybridized carbons (Fsp3) is 0. The molecule has 0 saturated carbocycles. The Morgan fingerprint density at radius 2 is 0.525 bits per heavy atom. The second-order valence-electron chi connectivity index (χ2n) is 31.4. The summed E-state index contributed by atoms with van der Waals surface area (Å²) in [6.07, 6.45) is 0. The first-order chi connectivity index (χ1) is 59.5. The van der Waals surface area contributed by atoms with Crippen molar-refractivity contribution in [3.8, 4) is 84.6 Å². The number of nitrogens with zero attached hydrogens (tertiary/aromatic N) is 7. The van der Waals surface area contributed by atoms with Gasteiger partial charge in [0, 0.05) is 5.69 Å². The van der Waals surface area contributed by atoms with Gasteiger partial charge in [0.25, 0.3) is 0 Å². The molecule has 0 spiro atoms. The van der Waals surface area contributed by atoms with Gasteiger partial charge in [-0.25, -0.2) is 0 Å². The van der Waals surface area contributed by atoms with Crippen LogP contribution in [-0.4, -0.2) is 60.2 Å². The fourth-order valence-electron chi connectivity index (χ4n) is 20.0. The summed E-state index contributed by atoms with van der Waals surface area (Å²) in [6.45, 7) is 0. The quantitative estimate of drug-likeness (QED) is 0.121. The van der Waals surface area contributed by atoms with Crippen molar-refractivity contribution in [3.63, 3.8) is 0 Å². The molecule has 2 aliphatic rings. The fourth-order valence-corrected chi connectivity index (χ4v) is 42.1. The van der Waals surface area contributed by atoms with Gasteiger partial charge in [0.05, 0.1) is 0 Å². The molecule has 0 fully saturated rings. The first-order valence-corrected chi connectivity index (χ1v) is 50.2. The Bertz CT molecular complexity index is 7950. The van der Waals surface area contributed by atoms with Crippen molar-refractivity contribution in [2.24, 2.45) is 0 Å². The molecule has 0 saturated heterocycles. The van der Waals surface area contributed by atoms with E-state index in [9.17, 15) is 0 Å². The Morgan fingerprint density at radius 3 is 0.950 bits per heavy atom. The van der Waals surface area contributed by atoms with Crippen LogP contribution in [0.4, 0.5) is 0 Å². The van der Waals surface area contributed by atoms with E-state index in [-0.39, 0.29) is 0 Å². The maximum atomic E-state index is 5.84. The number of rotatable bonds is 11. The minimum atomic E-state index is -3.71. The van der Waals surface area contributed by atoms with Crippen molar-refractivity contribution in [2.45, 2.75) is 0 Å². The van der Waals surface area contributed by atoms with Crippen LogP contribution in [0.25, 0.3) is 170 Å². The normalized spacial score (nSPS) is 13.0. The molecule has 0 N–H and O–H groups in total. The van der Waals surface area contributed by atoms with E-state index in [1.165, 1.54) is 127 Å². The van der Waals surface area contributed by atoms with Crippen molar-refractivity contribution in [3.05, 3.63) is 431 Å². The van der Waals surface area contributed by atoms with Crippen LogP contribution in [0.3, 0.4) is 0 Å². The zero-order valence-corrected chi connectivity index (χ0v) is 70.0. The van der Waals surface area contributed by atoms with Gasteiger partial charge in [-0.3, -0.25) is 0 Å². The number of fused-ring (bicyclic) bond motifs is 18. The van der Waals surface area contributed by atoms with E-state index in [1.807, 2.05) is 11.3 Å². The van der Waals surface area contributed by atoms with Gasteiger partial charge in [-0.05, 0) is 24.3 Å². The van der Waals surface area contributed by atoms with Crippen LogP contribution >= 0.6 is 11.3 Å². The second kappa shape index (κ2) is 28.2. The Hall–Kier alpha value is -14.4. The number of para-hydroxylation sites is 4. The summed E-state index contributed by atoms with van der Waals surface area (Å²) in [4.78, 5) is 22.8. The number of thiophene rings is 1. The van der Waals surface area contributed by atoms with Crippen LogP contribution in [0.2, 0.25) is 0 Å². The maximum absolute atomic E-state index is 5.84. The van der Waals surface area contributed by atoms with Crippen molar-refractivity contribution < 1.29 is 0 Å². The van der Waals surface area contributed by atoms with Crippen LogP contribution in [0.5, 0.6) is 0 Å². The first-order valence-electron chi connectivity index (χ1n) is 41.0. The topological polar surface area (TPSA) is 66.3 Å². The van der Waals surface area contributed by atoms with Crippen molar-refractivity contribution in [1.82, 2.24) is 33.6 Å². The number of benzene rings is 17. The van der Waals surface area contributed by atoms with E-state index in [0.717, 1.165) is 78.9 Å². The summed E-state index contributed by atoms with van der Waals surface area (Å²) in [6, 6.07) is 157. The third-order valence-corrected chi connectivity index (χ3v) is 45.9. The molecule has 7 nitrogen and oxygen atoms in total. The number of hydrogen-bond donors (Lipinski definition) is 0. The summed E-state index contributed by atoms with van der Waals surface area (Å²) >= 11 is -5.51. The molecule has 10 heteroatoms. The SMILES string of the molecule is c1ccc(-c2nc(-c3cccc(-n4c5ccccc5c5cc6c(cc54)c4ccccc4n6-c4ccccc4)c3)n[c]3c2-c2cccc[c]2[Ge]3([c]2ccccc2)[c]2ccccc2)cc1.c1ccc(-c2nc(-c3cccc(-n4c5ccccc5c5cc6sc7ccccc7c6cc54)c3)n[c]3c2-c2cccc[c]2[Ge]3([c]2ccccc2)[c]2ccccc2)cc1. The average Bonchev–Trinajstić information content (AvgIpc) is 1.54. The predicted octanol–water partition coefficient (Wildman–Crippen LogP) is 22.0. The van der Waals surface area contributed by atoms with Crippen LogP contribution < -0.4 is 35.4 Å². The summed E-state index contributed by atoms with van der Waals surface area (Å²) in [5.74, 6) is 1.48. The Kier molecular flexibility index (Phi) is 16.4. The van der Waals surface area contributed by atoms with Gasteiger partial charge in [0.2, 0.25) is 0 Å². The Morgan fingerprint density at radius 1 is 0.208 bits per heavy atom. The molecule has 25 rings (SSSR count). The molecule has 0 bridgehead atoms. The molecule has 0 radical (unpaired) electrons. The molecule has 0 unspecified atom stereocenters. The number of aromatic nitrogens is 7. The van der Waals surface area contributed by atoms with Crippen LogP contribution in [0, 0.1) is 0 Å². The van der Waals surface area contributed by atoms with Gasteiger partial charge >= 0.3 is 635 Å². The third kappa shape index (κ3) is 10.7. The second-order valence-corrected chi connectivity index (χ2v) is 47.8. The van der Waals surface area contributed by atoms with Crippen LogP contribution in [-0.2, 0) is 0 Å². The monoisotopic (exact) mass is 1670 g/mol. The zero-order chi connectivity index (χ0) is 79.0. The van der Waals surface area contributed by atoms with E-state index < -0.39 is 26.5 Å². The van der Waals surface area contributed by atoms with Gasteiger partial charge in [-0.1, -0.05) is 42.5 Å². The molecule has 0 atom stereocenters. The molecule has 0 amide bonds. The van der Waals surface area contributed by atoms with E-state index in [0.29, 0.717) is 0 Å². The summed E-state index contributed by atoms with van der Waals surface area (Å²) in [5.41, 5.74) is 21.3. The van der Waals surface area contributed by atoms with E-state index >= 15 is 0 Å². The number of hydrogen-bond acceptors (Lipinski definition) is 5. The molecule has 23 aromatic rings. The molecular formula is C110H71Ge2N7S. The predicted molar refractivity (Wildman–Crippen MR) is 507 cm³/mol. The molecule has 120 heavy (non-hydrogen) atoms. The average molecular weight is 1670 g/mol. The van der Waals surface area contributed by atoms with Crippen molar-refractivity contribution in [1.29, 1.82) is 0 Å². The molecule has 560 valence electrons. The van der Waals surface area contributed by atoms with E-state index in [2.05, 4.69) is 444 Å². The van der Waals surface area contributed by atoms with Gasteiger partial charge in [0.1, 0.15) is 0 Å². The molecule has 8 heterocycles. The van der Waals surface area contributed by atoms with Gasteiger partial charge in [0.15, 0.2) is 0 Å². The summed E-state index contributed by atoms with van der Waals surface area (Å²) in [7, 11) is 0. The van der Waals surface area contributed by atoms with Gasteiger partial charge in [-0.2, -0.15) is 0 Å². The van der Waals surface area contributed by atoms with Gasteiger partial charge in [-0.15, -0.1) is 0 Å². The summed E-state index contributed by atoms with van der Waals surface area (Å²) < 4.78 is 20.5. The molecular weight excluding hydrogens is 1600 g/mol. The van der Waals surface area contributed by atoms with Crippen LogP contribution in [0.1, 0.15) is 0 Å². The third-order valence-electron chi connectivity index (χ3n) is 25.0. The Labute approximate surface area is 702 Å². The van der Waals surface area contributed by atoms with Gasteiger partial charge < -0.3 is 0 Å². The minimum absolute atomic E-state index is 0.734. The first kappa shape index (κ1) is 69.9. The molecule has 6 aromatic heterocycles. The molecule has 17 aromatic carbocycles. The Balaban J connectivity index is 0.000000137. The van der Waals surface area contributed by atoms with Crippen molar-refractivity contribution in [2.75, 3.05) is 0 Å². The van der Waals surface area contributed by atoms with E-state index in [1.54, 1.807) is 0 Å². The molecule has 2 aliphatic heterocycles. The molecule has 0 aliphatic carbocycles. The van der Waals surface area contributed by atoms with Crippen LogP contribution in [0.15, 0.2) is 431 Å². The van der Waals surface area contributed by atoms with Crippen molar-refractivity contribution >= 4 is 159 Å². The summed E-state index contributed by atoms with van der Waals surface area (Å²) in [5, 5.41) is 9.99.